The second kappa shape index (κ2) is 6.46. The Morgan fingerprint density at radius 2 is 1.71 bits per heavy atom. The molecule has 1 aromatic carbocycles. The fourth-order valence-corrected chi connectivity index (χ4v) is 2.82. The number of halogens is 1. The van der Waals surface area contributed by atoms with Gasteiger partial charge in [-0.15, -0.1) is 0 Å². The Morgan fingerprint density at radius 1 is 1.14 bits per heavy atom. The molecular formula is C15H17IN2O3. The van der Waals surface area contributed by atoms with Crippen LogP contribution in [-0.2, 0) is 0 Å². The van der Waals surface area contributed by atoms with Crippen LogP contribution in [0.4, 0.5) is 0 Å². The number of rotatable bonds is 4. The van der Waals surface area contributed by atoms with E-state index >= 15 is 0 Å². The second-order valence-electron chi connectivity index (χ2n) is 4.87. The highest BCUT2D eigenvalue weighted by Crippen LogP contribution is 2.28. The lowest BCUT2D eigenvalue weighted by Crippen LogP contribution is -2.17. The number of hydrogen-bond acceptors (Lipinski definition) is 4. The van der Waals surface area contributed by atoms with Gasteiger partial charge in [-0.05, 0) is 40.6 Å². The topological polar surface area (TPSA) is 64.2 Å². The SMILES string of the molecule is COc1cc(OC)cc(-c2nc(C(C)C)c(I)c(=O)[nH]2)c1. The molecule has 0 amide bonds. The number of nitrogens with zero attached hydrogens (tertiary/aromatic N) is 1. The number of ether oxygens (including phenoxy) is 2. The Balaban J connectivity index is 2.64. The van der Waals surface area contributed by atoms with E-state index in [0.29, 0.717) is 20.9 Å². The average molecular weight is 400 g/mol. The van der Waals surface area contributed by atoms with Crippen LogP contribution in [0.15, 0.2) is 23.0 Å². The van der Waals surface area contributed by atoms with E-state index in [4.69, 9.17) is 9.47 Å². The lowest BCUT2D eigenvalue weighted by atomic mass is 10.1. The third kappa shape index (κ3) is 3.37. The molecule has 0 bridgehead atoms. The van der Waals surface area contributed by atoms with Gasteiger partial charge in [-0.2, -0.15) is 0 Å². The summed E-state index contributed by atoms with van der Waals surface area (Å²) in [6, 6.07) is 5.41. The summed E-state index contributed by atoms with van der Waals surface area (Å²) in [6.07, 6.45) is 0. The Bertz CT molecular complexity index is 688. The quantitative estimate of drug-likeness (QED) is 0.801. The molecule has 1 heterocycles. The van der Waals surface area contributed by atoms with Crippen molar-refractivity contribution in [1.82, 2.24) is 9.97 Å². The number of H-pyrrole nitrogens is 1. The van der Waals surface area contributed by atoms with Crippen molar-refractivity contribution >= 4 is 22.6 Å². The molecule has 21 heavy (non-hydrogen) atoms. The third-order valence-corrected chi connectivity index (χ3v) is 4.10. The van der Waals surface area contributed by atoms with Gasteiger partial charge in [-0.1, -0.05) is 13.8 Å². The number of methoxy groups -OCH3 is 2. The fourth-order valence-electron chi connectivity index (χ4n) is 1.94. The molecule has 0 atom stereocenters. The molecule has 2 aromatic rings. The van der Waals surface area contributed by atoms with Crippen LogP contribution in [0.2, 0.25) is 0 Å². The zero-order chi connectivity index (χ0) is 15.6. The molecule has 6 heteroatoms. The van der Waals surface area contributed by atoms with Crippen molar-refractivity contribution in [3.05, 3.63) is 37.8 Å². The summed E-state index contributed by atoms with van der Waals surface area (Å²) >= 11 is 2.03. The summed E-state index contributed by atoms with van der Waals surface area (Å²) in [7, 11) is 3.17. The molecule has 0 unspecified atom stereocenters. The van der Waals surface area contributed by atoms with Crippen LogP contribution in [0.1, 0.15) is 25.5 Å². The van der Waals surface area contributed by atoms with E-state index in [9.17, 15) is 4.79 Å². The minimum absolute atomic E-state index is 0.133. The van der Waals surface area contributed by atoms with Gasteiger partial charge in [0.2, 0.25) is 0 Å². The van der Waals surface area contributed by atoms with Gasteiger partial charge in [-0.25, -0.2) is 4.98 Å². The molecule has 2 rings (SSSR count). The number of benzene rings is 1. The van der Waals surface area contributed by atoms with E-state index in [1.165, 1.54) is 0 Å². The van der Waals surface area contributed by atoms with Gasteiger partial charge in [0.05, 0.1) is 23.5 Å². The smallest absolute Gasteiger partial charge is 0.264 e. The van der Waals surface area contributed by atoms with Crippen LogP contribution in [0.25, 0.3) is 11.4 Å². The molecule has 1 N–H and O–H groups in total. The van der Waals surface area contributed by atoms with E-state index in [-0.39, 0.29) is 11.5 Å². The molecule has 0 spiro atoms. The molecule has 0 aliphatic heterocycles. The third-order valence-electron chi connectivity index (χ3n) is 3.06. The van der Waals surface area contributed by atoms with Crippen LogP contribution in [0.3, 0.4) is 0 Å². The minimum atomic E-state index is -0.133. The standard InChI is InChI=1S/C15H17IN2O3/c1-8(2)13-12(16)15(19)18-14(17-13)9-5-10(20-3)7-11(6-9)21-4/h5-8H,1-4H3,(H,17,18,19). The molecule has 0 aliphatic carbocycles. The van der Waals surface area contributed by atoms with Gasteiger partial charge in [0.1, 0.15) is 17.3 Å². The van der Waals surface area contributed by atoms with E-state index in [1.54, 1.807) is 20.3 Å². The van der Waals surface area contributed by atoms with Gasteiger partial charge in [0, 0.05) is 11.6 Å². The highest BCUT2D eigenvalue weighted by molar-refractivity contribution is 14.1. The van der Waals surface area contributed by atoms with E-state index in [1.807, 2.05) is 48.6 Å². The number of aromatic nitrogens is 2. The predicted octanol–water partition coefficient (Wildman–Crippen LogP) is 3.18. The first-order chi connectivity index (χ1) is 9.96. The molecule has 0 radical (unpaired) electrons. The van der Waals surface area contributed by atoms with Crippen molar-refractivity contribution in [2.75, 3.05) is 14.2 Å². The Hall–Kier alpha value is -1.57. The Labute approximate surface area is 136 Å². The molecule has 0 saturated carbocycles. The molecule has 1 aromatic heterocycles. The van der Waals surface area contributed by atoms with Crippen LogP contribution in [0, 0.1) is 3.57 Å². The molecule has 112 valence electrons. The maximum atomic E-state index is 12.1. The summed E-state index contributed by atoms with van der Waals surface area (Å²) in [5.74, 6) is 1.99. The van der Waals surface area contributed by atoms with Crippen LogP contribution >= 0.6 is 22.6 Å². The highest BCUT2D eigenvalue weighted by Gasteiger charge is 2.14. The molecule has 0 aliphatic rings. The lowest BCUT2D eigenvalue weighted by molar-refractivity contribution is 0.394. The highest BCUT2D eigenvalue weighted by atomic mass is 127. The largest absolute Gasteiger partial charge is 0.497 e. The van der Waals surface area contributed by atoms with Crippen molar-refractivity contribution in [3.8, 4) is 22.9 Å². The normalized spacial score (nSPS) is 10.8. The summed E-state index contributed by atoms with van der Waals surface area (Å²) in [4.78, 5) is 19.5. The van der Waals surface area contributed by atoms with Gasteiger partial charge < -0.3 is 14.5 Å². The van der Waals surface area contributed by atoms with Gasteiger partial charge >= 0.3 is 0 Å². The zero-order valence-corrected chi connectivity index (χ0v) is 14.5. The van der Waals surface area contributed by atoms with Gasteiger partial charge in [0.15, 0.2) is 0 Å². The van der Waals surface area contributed by atoms with Gasteiger partial charge in [0.25, 0.3) is 5.56 Å². The van der Waals surface area contributed by atoms with Gasteiger partial charge in [-0.3, -0.25) is 4.79 Å². The molecule has 5 nitrogen and oxygen atoms in total. The van der Waals surface area contributed by atoms with Crippen LogP contribution in [-0.4, -0.2) is 24.2 Å². The molecule has 0 saturated heterocycles. The summed E-state index contributed by atoms with van der Waals surface area (Å²) in [5.41, 5.74) is 1.41. The Morgan fingerprint density at radius 3 is 2.19 bits per heavy atom. The maximum absolute atomic E-state index is 12.1. The van der Waals surface area contributed by atoms with Crippen molar-refractivity contribution < 1.29 is 9.47 Å². The first-order valence-corrected chi connectivity index (χ1v) is 7.57. The molecule has 0 fully saturated rings. The van der Waals surface area contributed by atoms with Crippen molar-refractivity contribution in [2.45, 2.75) is 19.8 Å². The number of hydrogen-bond donors (Lipinski definition) is 1. The number of aromatic amines is 1. The first-order valence-electron chi connectivity index (χ1n) is 6.49. The number of nitrogens with one attached hydrogen (secondary N) is 1. The lowest BCUT2D eigenvalue weighted by Gasteiger charge is -2.11. The monoisotopic (exact) mass is 400 g/mol. The summed E-state index contributed by atoms with van der Waals surface area (Å²) in [6.45, 7) is 4.03. The van der Waals surface area contributed by atoms with Crippen LogP contribution in [0.5, 0.6) is 11.5 Å². The zero-order valence-electron chi connectivity index (χ0n) is 12.4. The molecular weight excluding hydrogens is 383 g/mol. The van der Waals surface area contributed by atoms with Crippen LogP contribution < -0.4 is 15.0 Å². The van der Waals surface area contributed by atoms with Crippen molar-refractivity contribution in [1.29, 1.82) is 0 Å². The first kappa shape index (κ1) is 15.8. The van der Waals surface area contributed by atoms with Crippen molar-refractivity contribution in [3.63, 3.8) is 0 Å². The average Bonchev–Trinajstić information content (AvgIpc) is 2.48. The fraction of sp³-hybridized carbons (Fsp3) is 0.333. The second-order valence-corrected chi connectivity index (χ2v) is 5.95. The Kier molecular flexibility index (Phi) is 4.87. The maximum Gasteiger partial charge on any atom is 0.264 e. The summed E-state index contributed by atoms with van der Waals surface area (Å²) in [5, 5.41) is 0. The van der Waals surface area contributed by atoms with Crippen molar-refractivity contribution in [2.24, 2.45) is 0 Å². The van der Waals surface area contributed by atoms with E-state index in [2.05, 4.69) is 9.97 Å². The predicted molar refractivity (Wildman–Crippen MR) is 90.2 cm³/mol. The van der Waals surface area contributed by atoms with E-state index in [0.717, 1.165) is 11.3 Å². The minimum Gasteiger partial charge on any atom is -0.497 e. The van der Waals surface area contributed by atoms with E-state index < -0.39 is 0 Å². The summed E-state index contributed by atoms with van der Waals surface area (Å²) < 4.78 is 11.1.